The highest BCUT2D eigenvalue weighted by atomic mass is 35.5. The predicted molar refractivity (Wildman–Crippen MR) is 59.1 cm³/mol. The molecule has 88 valence electrons. The topological polar surface area (TPSA) is 17.1 Å². The number of carbonyl (C=O) groups excluding carboxylic acids is 1. The zero-order chi connectivity index (χ0) is 12.6. The van der Waals surface area contributed by atoms with Crippen LogP contribution in [0.25, 0.3) is 0 Å². The molecule has 0 aliphatic heterocycles. The van der Waals surface area contributed by atoms with Gasteiger partial charge < -0.3 is 0 Å². The van der Waals surface area contributed by atoms with Gasteiger partial charge in [-0.3, -0.25) is 4.79 Å². The second-order valence-electron chi connectivity index (χ2n) is 3.18. The summed E-state index contributed by atoms with van der Waals surface area (Å²) in [5, 5.41) is 0. The van der Waals surface area contributed by atoms with E-state index in [1.807, 2.05) is 0 Å². The summed E-state index contributed by atoms with van der Waals surface area (Å²) in [7, 11) is 0. The Morgan fingerprint density at radius 2 is 1.71 bits per heavy atom. The molecule has 6 heteroatoms. The number of rotatable bonds is 2. The second kappa shape index (κ2) is 4.50. The summed E-state index contributed by atoms with van der Waals surface area (Å²) >= 11 is 6.57. The average molecular weight is 277 g/mol. The monoisotopic (exact) mass is 276 g/mol. The Kier molecular flexibility index (Phi) is 3.22. The number of benzene rings is 1. The van der Waals surface area contributed by atoms with Gasteiger partial charge in [-0.2, -0.15) is 0 Å². The van der Waals surface area contributed by atoms with Gasteiger partial charge in [0.1, 0.15) is 5.82 Å². The van der Waals surface area contributed by atoms with Gasteiger partial charge in [-0.1, -0.05) is 11.6 Å². The summed E-state index contributed by atoms with van der Waals surface area (Å²) < 4.78 is 39.3. The van der Waals surface area contributed by atoms with Crippen LogP contribution in [-0.2, 0) is 0 Å². The molecule has 0 spiro atoms. The van der Waals surface area contributed by atoms with Crippen molar-refractivity contribution in [1.82, 2.24) is 0 Å². The number of hydrogen-bond donors (Lipinski definition) is 0. The van der Waals surface area contributed by atoms with Crippen LogP contribution in [-0.4, -0.2) is 5.78 Å². The fraction of sp³-hybridized carbons (Fsp3) is 0. The highest BCUT2D eigenvalue weighted by Gasteiger charge is 2.19. The first-order chi connectivity index (χ1) is 7.99. The largest absolute Gasteiger partial charge is 0.288 e. The van der Waals surface area contributed by atoms with Crippen LogP contribution in [0.1, 0.15) is 15.2 Å². The number of ketones is 1. The minimum atomic E-state index is -1.33. The maximum Gasteiger partial charge on any atom is 0.206 e. The quantitative estimate of drug-likeness (QED) is 0.597. The molecule has 17 heavy (non-hydrogen) atoms. The van der Waals surface area contributed by atoms with Crippen LogP contribution in [0.3, 0.4) is 0 Å². The Hall–Kier alpha value is -1.33. The molecule has 1 aromatic carbocycles. The van der Waals surface area contributed by atoms with Gasteiger partial charge >= 0.3 is 0 Å². The van der Waals surface area contributed by atoms with E-state index >= 15 is 0 Å². The van der Waals surface area contributed by atoms with E-state index in [-0.39, 0.29) is 4.88 Å². The van der Waals surface area contributed by atoms with Crippen LogP contribution < -0.4 is 0 Å². The van der Waals surface area contributed by atoms with Crippen molar-refractivity contribution in [2.45, 2.75) is 0 Å². The van der Waals surface area contributed by atoms with Gasteiger partial charge in [0.2, 0.25) is 5.78 Å². The molecule has 0 aliphatic carbocycles. The molecule has 1 heterocycles. The molecule has 1 aromatic heterocycles. The van der Waals surface area contributed by atoms with Crippen LogP contribution in [0.4, 0.5) is 13.2 Å². The van der Waals surface area contributed by atoms with Gasteiger partial charge in [0.05, 0.1) is 14.8 Å². The predicted octanol–water partition coefficient (Wildman–Crippen LogP) is 4.05. The van der Waals surface area contributed by atoms with Crippen molar-refractivity contribution >= 4 is 28.7 Å². The van der Waals surface area contributed by atoms with E-state index in [0.717, 1.165) is 11.3 Å². The van der Waals surface area contributed by atoms with E-state index in [9.17, 15) is 18.0 Å². The number of halogens is 4. The molecule has 1 nitrogen and oxygen atoms in total. The average Bonchev–Trinajstić information content (AvgIpc) is 2.69. The fourth-order valence-corrected chi connectivity index (χ4v) is 2.26. The van der Waals surface area contributed by atoms with Gasteiger partial charge in [0, 0.05) is 6.07 Å². The summed E-state index contributed by atoms with van der Waals surface area (Å²) in [4.78, 5) is 11.9. The van der Waals surface area contributed by atoms with Crippen molar-refractivity contribution in [3.05, 3.63) is 56.5 Å². The first-order valence-electron chi connectivity index (χ1n) is 4.43. The smallest absolute Gasteiger partial charge is 0.206 e. The molecule has 0 saturated heterocycles. The molecule has 0 aliphatic rings. The normalized spacial score (nSPS) is 10.6. The van der Waals surface area contributed by atoms with E-state index < -0.39 is 28.8 Å². The molecular formula is C11H4ClF3OS. The van der Waals surface area contributed by atoms with Gasteiger partial charge in [-0.05, 0) is 18.2 Å². The van der Waals surface area contributed by atoms with Gasteiger partial charge in [-0.15, -0.1) is 11.3 Å². The van der Waals surface area contributed by atoms with Gasteiger partial charge in [0.25, 0.3) is 0 Å². The minimum absolute atomic E-state index is 0.167. The lowest BCUT2D eigenvalue weighted by Crippen LogP contribution is -2.04. The summed E-state index contributed by atoms with van der Waals surface area (Å²) in [6, 6.07) is 3.76. The molecule has 0 bridgehead atoms. The standard InChI is InChI=1S/C11H4ClF3OS/c12-10-2-1-9(17-10)11(16)5-3-7(14)8(15)4-6(5)13/h1-4H. The molecule has 2 aromatic rings. The third kappa shape index (κ3) is 2.35. The van der Waals surface area contributed by atoms with E-state index in [1.54, 1.807) is 0 Å². The first-order valence-corrected chi connectivity index (χ1v) is 5.63. The Bertz CT molecular complexity index is 594. The summed E-state index contributed by atoms with van der Waals surface area (Å²) in [5.74, 6) is -4.42. The SMILES string of the molecule is O=C(c1ccc(Cl)s1)c1cc(F)c(F)cc1F. The van der Waals surface area contributed by atoms with Crippen LogP contribution in [0.5, 0.6) is 0 Å². The molecule has 0 saturated carbocycles. The maximum atomic E-state index is 13.3. The van der Waals surface area contributed by atoms with Crippen molar-refractivity contribution < 1.29 is 18.0 Å². The highest BCUT2D eigenvalue weighted by Crippen LogP contribution is 2.25. The van der Waals surface area contributed by atoms with Gasteiger partial charge in [-0.25, -0.2) is 13.2 Å². The summed E-state index contributed by atoms with van der Waals surface area (Å²) in [6.07, 6.45) is 0. The number of carbonyl (C=O) groups is 1. The molecule has 0 fully saturated rings. The van der Waals surface area contributed by atoms with E-state index in [0.29, 0.717) is 16.5 Å². The maximum absolute atomic E-state index is 13.3. The van der Waals surface area contributed by atoms with Crippen LogP contribution in [0.15, 0.2) is 24.3 Å². The lowest BCUT2D eigenvalue weighted by Gasteiger charge is -2.01. The van der Waals surface area contributed by atoms with Crippen molar-refractivity contribution in [3.63, 3.8) is 0 Å². The Balaban J connectivity index is 2.47. The van der Waals surface area contributed by atoms with Crippen molar-refractivity contribution in [3.8, 4) is 0 Å². The summed E-state index contributed by atoms with van der Waals surface area (Å²) in [5.41, 5.74) is -0.512. The Morgan fingerprint density at radius 3 is 2.29 bits per heavy atom. The van der Waals surface area contributed by atoms with Crippen LogP contribution >= 0.6 is 22.9 Å². The number of thiophene rings is 1. The molecule has 0 radical (unpaired) electrons. The van der Waals surface area contributed by atoms with Crippen LogP contribution in [0.2, 0.25) is 4.34 Å². The third-order valence-corrected chi connectivity index (χ3v) is 3.28. The third-order valence-electron chi connectivity index (χ3n) is 2.05. The molecule has 2 rings (SSSR count). The van der Waals surface area contributed by atoms with Crippen LogP contribution in [0, 0.1) is 17.5 Å². The fourth-order valence-electron chi connectivity index (χ4n) is 1.27. The Labute approximate surface area is 103 Å². The second-order valence-corrected chi connectivity index (χ2v) is 4.89. The minimum Gasteiger partial charge on any atom is -0.288 e. The lowest BCUT2D eigenvalue weighted by molar-refractivity contribution is 0.103. The van der Waals surface area contributed by atoms with E-state index in [4.69, 9.17) is 11.6 Å². The van der Waals surface area contributed by atoms with E-state index in [2.05, 4.69) is 0 Å². The van der Waals surface area contributed by atoms with Gasteiger partial charge in [0.15, 0.2) is 11.6 Å². The molecular weight excluding hydrogens is 273 g/mol. The number of hydrogen-bond acceptors (Lipinski definition) is 2. The van der Waals surface area contributed by atoms with Crippen molar-refractivity contribution in [2.75, 3.05) is 0 Å². The molecule has 0 unspecified atom stereocenters. The van der Waals surface area contributed by atoms with Crippen molar-refractivity contribution in [1.29, 1.82) is 0 Å². The molecule has 0 atom stereocenters. The molecule has 0 N–H and O–H groups in total. The zero-order valence-electron chi connectivity index (χ0n) is 8.14. The lowest BCUT2D eigenvalue weighted by atomic mass is 10.1. The molecule has 0 amide bonds. The van der Waals surface area contributed by atoms with Crippen molar-refractivity contribution in [2.24, 2.45) is 0 Å². The highest BCUT2D eigenvalue weighted by molar-refractivity contribution is 7.18. The first kappa shape index (κ1) is 12.1. The zero-order valence-corrected chi connectivity index (χ0v) is 9.71. The van der Waals surface area contributed by atoms with E-state index in [1.165, 1.54) is 12.1 Å². The Morgan fingerprint density at radius 1 is 1.06 bits per heavy atom. The summed E-state index contributed by atoms with van der Waals surface area (Å²) in [6.45, 7) is 0.